The molecule has 9 nitrogen and oxygen atoms in total. The van der Waals surface area contributed by atoms with Crippen LogP contribution in [0.4, 0.5) is 17.8 Å². The van der Waals surface area contributed by atoms with Gasteiger partial charge < -0.3 is 30.2 Å². The topological polar surface area (TPSA) is 102 Å². The fourth-order valence-corrected chi connectivity index (χ4v) is 3.31. The normalized spacial score (nSPS) is 14.3. The lowest BCUT2D eigenvalue weighted by Crippen LogP contribution is -2.30. The van der Waals surface area contributed by atoms with E-state index >= 15 is 0 Å². The summed E-state index contributed by atoms with van der Waals surface area (Å²) < 4.78 is 18.3. The molecule has 3 N–H and O–H groups in total. The second-order valence-corrected chi connectivity index (χ2v) is 10.8. The number of rotatable bonds is 21. The minimum absolute atomic E-state index is 0.173. The van der Waals surface area contributed by atoms with Gasteiger partial charge >= 0.3 is 0 Å². The smallest absolute Gasteiger partial charge is 0.231 e. The van der Waals surface area contributed by atoms with E-state index in [1.54, 1.807) is 0 Å². The Morgan fingerprint density at radius 3 is 0.944 bits per heavy atom. The standard InChI is InChI=1S/C27H54N6O3/c1-10-13-22(34-16-19(4)5)28-25-31-26(29-23(14-11-2)35-17-20(6)7)33-27(32-25)30-24(15-12-3)36-18-21(8)9/h19-24H,10-18H2,1-9H3,(H3,28,29,30,31,32,33). The van der Waals surface area contributed by atoms with Gasteiger partial charge in [0.15, 0.2) is 0 Å². The zero-order chi connectivity index (χ0) is 26.9. The maximum absolute atomic E-state index is 6.10. The van der Waals surface area contributed by atoms with Crippen LogP contribution in [0.3, 0.4) is 0 Å². The van der Waals surface area contributed by atoms with Crippen molar-refractivity contribution >= 4 is 17.8 Å². The third kappa shape index (κ3) is 14.8. The molecule has 0 aliphatic rings. The molecule has 0 aliphatic carbocycles. The molecular formula is C27H54N6O3. The van der Waals surface area contributed by atoms with Gasteiger partial charge in [-0.15, -0.1) is 0 Å². The Morgan fingerprint density at radius 2 is 0.750 bits per heavy atom. The first-order chi connectivity index (χ1) is 17.2. The van der Waals surface area contributed by atoms with Crippen molar-refractivity contribution in [2.75, 3.05) is 35.8 Å². The molecule has 0 amide bonds. The molecule has 0 aromatic carbocycles. The van der Waals surface area contributed by atoms with Crippen LogP contribution in [0.25, 0.3) is 0 Å². The van der Waals surface area contributed by atoms with Crippen LogP contribution in [-0.2, 0) is 14.2 Å². The molecule has 0 fully saturated rings. The van der Waals surface area contributed by atoms with Gasteiger partial charge in [0, 0.05) is 0 Å². The molecule has 36 heavy (non-hydrogen) atoms. The SMILES string of the molecule is CCCC(Nc1nc(NC(CCC)OCC(C)C)nc(NC(CCC)OCC(C)C)n1)OCC(C)C. The van der Waals surface area contributed by atoms with E-state index in [1.807, 2.05) is 0 Å². The summed E-state index contributed by atoms with van der Waals surface area (Å²) in [5.74, 6) is 2.74. The van der Waals surface area contributed by atoms with Gasteiger partial charge in [0.25, 0.3) is 0 Å². The second-order valence-electron chi connectivity index (χ2n) is 10.8. The molecule has 0 saturated carbocycles. The Bertz CT molecular complexity index is 587. The van der Waals surface area contributed by atoms with E-state index in [0.717, 1.165) is 38.5 Å². The van der Waals surface area contributed by atoms with Crippen molar-refractivity contribution < 1.29 is 14.2 Å². The maximum atomic E-state index is 6.10. The monoisotopic (exact) mass is 510 g/mol. The van der Waals surface area contributed by atoms with Gasteiger partial charge in [-0.05, 0) is 37.0 Å². The Hall–Kier alpha value is -1.71. The molecule has 1 aromatic heterocycles. The summed E-state index contributed by atoms with van der Waals surface area (Å²) in [4.78, 5) is 14.0. The lowest BCUT2D eigenvalue weighted by Gasteiger charge is -2.24. The highest BCUT2D eigenvalue weighted by Gasteiger charge is 2.18. The predicted molar refractivity (Wildman–Crippen MR) is 149 cm³/mol. The zero-order valence-corrected chi connectivity index (χ0v) is 24.4. The van der Waals surface area contributed by atoms with Crippen LogP contribution in [0.5, 0.6) is 0 Å². The van der Waals surface area contributed by atoms with Crippen LogP contribution in [0.15, 0.2) is 0 Å². The number of anilines is 3. The van der Waals surface area contributed by atoms with Crippen molar-refractivity contribution in [3.8, 4) is 0 Å². The molecule has 0 bridgehead atoms. The summed E-state index contributed by atoms with van der Waals surface area (Å²) >= 11 is 0. The van der Waals surface area contributed by atoms with E-state index in [-0.39, 0.29) is 18.7 Å². The average Bonchev–Trinajstić information content (AvgIpc) is 2.79. The van der Waals surface area contributed by atoms with Gasteiger partial charge in [0.1, 0.15) is 18.7 Å². The molecule has 3 unspecified atom stereocenters. The summed E-state index contributed by atoms with van der Waals surface area (Å²) in [7, 11) is 0. The quantitative estimate of drug-likeness (QED) is 0.160. The van der Waals surface area contributed by atoms with Gasteiger partial charge in [-0.2, -0.15) is 15.0 Å². The minimum atomic E-state index is -0.173. The summed E-state index contributed by atoms with van der Waals surface area (Å²) in [5, 5.41) is 10.1. The second kappa shape index (κ2) is 18.5. The minimum Gasteiger partial charge on any atom is -0.358 e. The van der Waals surface area contributed by atoms with Gasteiger partial charge in [-0.25, -0.2) is 0 Å². The van der Waals surface area contributed by atoms with E-state index < -0.39 is 0 Å². The third-order valence-corrected chi connectivity index (χ3v) is 5.05. The van der Waals surface area contributed by atoms with E-state index in [9.17, 15) is 0 Å². The number of nitrogens with zero attached hydrogens (tertiary/aromatic N) is 3. The Morgan fingerprint density at radius 1 is 0.500 bits per heavy atom. The highest BCUT2D eigenvalue weighted by Crippen LogP contribution is 2.17. The molecule has 9 heteroatoms. The molecule has 210 valence electrons. The molecule has 1 heterocycles. The number of aromatic nitrogens is 3. The van der Waals surface area contributed by atoms with Crippen LogP contribution in [0.1, 0.15) is 101 Å². The first kappa shape index (κ1) is 32.3. The Balaban J connectivity index is 3.18. The molecular weight excluding hydrogens is 456 g/mol. The van der Waals surface area contributed by atoms with Crippen molar-refractivity contribution in [1.82, 2.24) is 15.0 Å². The predicted octanol–water partition coefficient (Wildman–Crippen LogP) is 6.50. The van der Waals surface area contributed by atoms with E-state index in [0.29, 0.717) is 55.4 Å². The van der Waals surface area contributed by atoms with E-state index in [4.69, 9.17) is 14.2 Å². The summed E-state index contributed by atoms with van der Waals surface area (Å²) in [6, 6.07) is 0. The number of hydrogen-bond acceptors (Lipinski definition) is 9. The lowest BCUT2D eigenvalue weighted by molar-refractivity contribution is 0.0460. The number of ether oxygens (including phenoxy) is 3. The molecule has 0 aliphatic heterocycles. The van der Waals surface area contributed by atoms with Gasteiger partial charge in [-0.3, -0.25) is 0 Å². The van der Waals surface area contributed by atoms with Crippen molar-refractivity contribution in [2.24, 2.45) is 17.8 Å². The first-order valence-corrected chi connectivity index (χ1v) is 14.1. The fourth-order valence-electron chi connectivity index (χ4n) is 3.31. The largest absolute Gasteiger partial charge is 0.358 e. The summed E-state index contributed by atoms with van der Waals surface area (Å²) in [6.07, 6.45) is 5.01. The molecule has 1 rings (SSSR count). The zero-order valence-electron chi connectivity index (χ0n) is 24.4. The molecule has 0 spiro atoms. The maximum Gasteiger partial charge on any atom is 0.231 e. The Labute approximate surface area is 220 Å². The van der Waals surface area contributed by atoms with Crippen LogP contribution >= 0.6 is 0 Å². The van der Waals surface area contributed by atoms with Crippen LogP contribution in [-0.4, -0.2) is 53.5 Å². The summed E-state index contributed by atoms with van der Waals surface area (Å²) in [5.41, 5.74) is 0. The van der Waals surface area contributed by atoms with Crippen LogP contribution < -0.4 is 16.0 Å². The molecule has 0 saturated heterocycles. The molecule has 0 radical (unpaired) electrons. The highest BCUT2D eigenvalue weighted by molar-refractivity contribution is 5.43. The summed E-state index contributed by atoms with van der Waals surface area (Å²) in [6.45, 7) is 21.3. The lowest BCUT2D eigenvalue weighted by atomic mass is 10.2. The van der Waals surface area contributed by atoms with Crippen LogP contribution in [0.2, 0.25) is 0 Å². The van der Waals surface area contributed by atoms with Gasteiger partial charge in [0.05, 0.1) is 19.8 Å². The van der Waals surface area contributed by atoms with Crippen molar-refractivity contribution in [1.29, 1.82) is 0 Å². The highest BCUT2D eigenvalue weighted by atomic mass is 16.5. The van der Waals surface area contributed by atoms with Gasteiger partial charge in [0.2, 0.25) is 17.8 Å². The van der Waals surface area contributed by atoms with Crippen molar-refractivity contribution in [3.63, 3.8) is 0 Å². The van der Waals surface area contributed by atoms with Crippen molar-refractivity contribution in [2.45, 2.75) is 120 Å². The van der Waals surface area contributed by atoms with Crippen LogP contribution in [0, 0.1) is 17.8 Å². The van der Waals surface area contributed by atoms with Gasteiger partial charge in [-0.1, -0.05) is 81.6 Å². The third-order valence-electron chi connectivity index (χ3n) is 5.05. The van der Waals surface area contributed by atoms with E-state index in [2.05, 4.69) is 93.2 Å². The first-order valence-electron chi connectivity index (χ1n) is 14.1. The van der Waals surface area contributed by atoms with E-state index in [1.165, 1.54) is 0 Å². The number of hydrogen-bond donors (Lipinski definition) is 3. The molecule has 3 atom stereocenters. The van der Waals surface area contributed by atoms with Crippen molar-refractivity contribution in [3.05, 3.63) is 0 Å². The fraction of sp³-hybridized carbons (Fsp3) is 0.889. The molecule has 1 aromatic rings. The Kier molecular flexibility index (Phi) is 16.6. The average molecular weight is 511 g/mol. The number of nitrogens with one attached hydrogen (secondary N) is 3.